The van der Waals surface area contributed by atoms with E-state index in [0.29, 0.717) is 28.3 Å². The Bertz CT molecular complexity index is 895. The number of anilines is 1. The Morgan fingerprint density at radius 1 is 1.06 bits per heavy atom. The van der Waals surface area contributed by atoms with Gasteiger partial charge in [-0.15, -0.1) is 0 Å². The van der Waals surface area contributed by atoms with Crippen LogP contribution in [0.2, 0.25) is 0 Å². The van der Waals surface area contributed by atoms with Gasteiger partial charge in [-0.2, -0.15) is 0 Å². The first-order valence-electron chi connectivity index (χ1n) is 10.4. The second-order valence-corrected chi connectivity index (χ2v) is 7.49. The lowest BCUT2D eigenvalue weighted by Crippen LogP contribution is -2.33. The van der Waals surface area contributed by atoms with Crippen molar-refractivity contribution in [2.24, 2.45) is 0 Å². The number of urea groups is 1. The van der Waals surface area contributed by atoms with Crippen LogP contribution in [0.5, 0.6) is 11.5 Å². The molecule has 0 aromatic heterocycles. The highest BCUT2D eigenvalue weighted by Gasteiger charge is 2.18. The van der Waals surface area contributed by atoms with Gasteiger partial charge in [-0.05, 0) is 55.3 Å². The Kier molecular flexibility index (Phi) is 7.72. The molecule has 0 bridgehead atoms. The SMILES string of the molecule is COc1ccc(OC)c(C(O)CNC(=O)Nc2ccc(C(=O)NC3CCCC3)cc2)c1. The number of rotatable bonds is 8. The molecule has 1 aliphatic rings. The fourth-order valence-electron chi connectivity index (χ4n) is 3.62. The van der Waals surface area contributed by atoms with Crippen LogP contribution in [0.3, 0.4) is 0 Å². The zero-order valence-electron chi connectivity index (χ0n) is 17.8. The largest absolute Gasteiger partial charge is 0.497 e. The van der Waals surface area contributed by atoms with Gasteiger partial charge >= 0.3 is 6.03 Å². The molecule has 3 amide bonds. The molecule has 4 N–H and O–H groups in total. The highest BCUT2D eigenvalue weighted by atomic mass is 16.5. The van der Waals surface area contributed by atoms with Crippen LogP contribution in [-0.2, 0) is 0 Å². The first-order valence-corrected chi connectivity index (χ1v) is 10.4. The molecule has 0 saturated heterocycles. The number of carbonyl (C=O) groups excluding carboxylic acids is 2. The minimum atomic E-state index is -0.975. The van der Waals surface area contributed by atoms with Crippen LogP contribution >= 0.6 is 0 Å². The van der Waals surface area contributed by atoms with Crippen molar-refractivity contribution in [1.82, 2.24) is 10.6 Å². The lowest BCUT2D eigenvalue weighted by molar-refractivity contribution is 0.0938. The van der Waals surface area contributed by atoms with Crippen LogP contribution in [0.1, 0.15) is 47.7 Å². The number of amides is 3. The molecule has 2 aromatic carbocycles. The quantitative estimate of drug-likeness (QED) is 0.517. The van der Waals surface area contributed by atoms with E-state index in [1.807, 2.05) is 0 Å². The second-order valence-electron chi connectivity index (χ2n) is 7.49. The molecular weight excluding hydrogens is 398 g/mol. The van der Waals surface area contributed by atoms with E-state index in [-0.39, 0.29) is 18.5 Å². The molecule has 2 aromatic rings. The summed E-state index contributed by atoms with van der Waals surface area (Å²) in [6, 6.07) is 11.6. The maximum absolute atomic E-state index is 12.3. The summed E-state index contributed by atoms with van der Waals surface area (Å²) >= 11 is 0. The van der Waals surface area contributed by atoms with Gasteiger partial charge in [0, 0.05) is 29.4 Å². The van der Waals surface area contributed by atoms with Crippen LogP contribution in [0.4, 0.5) is 10.5 Å². The third-order valence-corrected chi connectivity index (χ3v) is 5.35. The summed E-state index contributed by atoms with van der Waals surface area (Å²) < 4.78 is 10.4. The highest BCUT2D eigenvalue weighted by molar-refractivity contribution is 5.95. The average molecular weight is 428 g/mol. The van der Waals surface area contributed by atoms with Crippen molar-refractivity contribution in [2.75, 3.05) is 26.1 Å². The molecule has 1 fully saturated rings. The fourth-order valence-corrected chi connectivity index (χ4v) is 3.62. The summed E-state index contributed by atoms with van der Waals surface area (Å²) in [5.41, 5.74) is 1.61. The van der Waals surface area contributed by atoms with E-state index in [9.17, 15) is 14.7 Å². The monoisotopic (exact) mass is 427 g/mol. The summed E-state index contributed by atoms with van der Waals surface area (Å²) in [4.78, 5) is 24.5. The number of aliphatic hydroxyl groups excluding tert-OH is 1. The van der Waals surface area contributed by atoms with Crippen molar-refractivity contribution >= 4 is 17.6 Å². The summed E-state index contributed by atoms with van der Waals surface area (Å²) in [5, 5.41) is 18.8. The Labute approximate surface area is 181 Å². The van der Waals surface area contributed by atoms with Crippen LogP contribution < -0.4 is 25.4 Å². The molecule has 31 heavy (non-hydrogen) atoms. The van der Waals surface area contributed by atoms with Gasteiger partial charge < -0.3 is 30.5 Å². The van der Waals surface area contributed by atoms with Gasteiger partial charge in [0.1, 0.15) is 17.6 Å². The van der Waals surface area contributed by atoms with E-state index < -0.39 is 12.1 Å². The predicted octanol–water partition coefficient (Wildman–Crippen LogP) is 3.23. The average Bonchev–Trinajstić information content (AvgIpc) is 3.30. The Balaban J connectivity index is 1.51. The zero-order valence-corrected chi connectivity index (χ0v) is 17.8. The molecule has 8 nitrogen and oxygen atoms in total. The summed E-state index contributed by atoms with van der Waals surface area (Å²) in [6.07, 6.45) is 3.39. The fraction of sp³-hybridized carbons (Fsp3) is 0.391. The smallest absolute Gasteiger partial charge is 0.319 e. The number of hydrogen-bond acceptors (Lipinski definition) is 5. The number of ether oxygens (including phenoxy) is 2. The predicted molar refractivity (Wildman–Crippen MR) is 118 cm³/mol. The molecule has 0 heterocycles. The van der Waals surface area contributed by atoms with Gasteiger partial charge in [-0.25, -0.2) is 4.79 Å². The maximum atomic E-state index is 12.3. The summed E-state index contributed by atoms with van der Waals surface area (Å²) in [6.45, 7) is -0.0166. The van der Waals surface area contributed by atoms with Gasteiger partial charge in [0.2, 0.25) is 0 Å². The second kappa shape index (κ2) is 10.7. The van der Waals surface area contributed by atoms with Crippen molar-refractivity contribution in [2.45, 2.75) is 37.8 Å². The van der Waals surface area contributed by atoms with Gasteiger partial charge in [0.25, 0.3) is 5.91 Å². The van der Waals surface area contributed by atoms with Crippen molar-refractivity contribution in [3.8, 4) is 11.5 Å². The van der Waals surface area contributed by atoms with Crippen LogP contribution in [0.15, 0.2) is 42.5 Å². The first-order chi connectivity index (χ1) is 15.0. The summed E-state index contributed by atoms with van der Waals surface area (Å²) in [7, 11) is 3.04. The molecule has 1 unspecified atom stereocenters. The molecule has 0 aliphatic heterocycles. The molecule has 1 aliphatic carbocycles. The normalized spacial score (nSPS) is 14.5. The Morgan fingerprint density at radius 3 is 2.42 bits per heavy atom. The van der Waals surface area contributed by atoms with Crippen LogP contribution in [0, 0.1) is 0 Å². The number of hydrogen-bond donors (Lipinski definition) is 4. The van der Waals surface area contributed by atoms with Crippen molar-refractivity contribution < 1.29 is 24.2 Å². The molecule has 3 rings (SSSR count). The third-order valence-electron chi connectivity index (χ3n) is 5.35. The zero-order chi connectivity index (χ0) is 22.2. The Hall–Kier alpha value is -3.26. The molecular formula is C23H29N3O5. The number of aliphatic hydroxyl groups is 1. The number of methoxy groups -OCH3 is 2. The van der Waals surface area contributed by atoms with Crippen LogP contribution in [0.25, 0.3) is 0 Å². The number of benzene rings is 2. The van der Waals surface area contributed by atoms with E-state index >= 15 is 0 Å². The molecule has 1 saturated carbocycles. The minimum absolute atomic E-state index is 0.0166. The van der Waals surface area contributed by atoms with E-state index in [0.717, 1.165) is 25.7 Å². The van der Waals surface area contributed by atoms with Crippen molar-refractivity contribution in [3.05, 3.63) is 53.6 Å². The number of nitrogens with one attached hydrogen (secondary N) is 3. The van der Waals surface area contributed by atoms with Gasteiger partial charge in [0.15, 0.2) is 0 Å². The van der Waals surface area contributed by atoms with E-state index in [1.54, 1.807) is 42.5 Å². The van der Waals surface area contributed by atoms with E-state index in [4.69, 9.17) is 9.47 Å². The van der Waals surface area contributed by atoms with Gasteiger partial charge in [-0.3, -0.25) is 4.79 Å². The molecule has 0 radical (unpaired) electrons. The minimum Gasteiger partial charge on any atom is -0.497 e. The van der Waals surface area contributed by atoms with Crippen LogP contribution in [-0.4, -0.2) is 43.9 Å². The topological polar surface area (TPSA) is 109 Å². The van der Waals surface area contributed by atoms with E-state index in [2.05, 4.69) is 16.0 Å². The summed E-state index contributed by atoms with van der Waals surface area (Å²) in [5.74, 6) is 0.983. The highest BCUT2D eigenvalue weighted by Crippen LogP contribution is 2.29. The molecule has 166 valence electrons. The first kappa shape index (κ1) is 22.4. The van der Waals surface area contributed by atoms with Gasteiger partial charge in [0.05, 0.1) is 14.2 Å². The standard InChI is InChI=1S/C23H29N3O5/c1-30-18-11-12-21(31-2)19(13-18)20(27)14-24-23(29)26-17-9-7-15(8-10-17)22(28)25-16-5-3-4-6-16/h7-13,16,20,27H,3-6,14H2,1-2H3,(H,25,28)(H2,24,26,29). The van der Waals surface area contributed by atoms with Gasteiger partial charge in [-0.1, -0.05) is 12.8 Å². The third kappa shape index (κ3) is 6.11. The lowest BCUT2D eigenvalue weighted by atomic mass is 10.1. The Morgan fingerprint density at radius 2 is 1.77 bits per heavy atom. The van der Waals surface area contributed by atoms with E-state index in [1.165, 1.54) is 14.2 Å². The molecule has 8 heteroatoms. The van der Waals surface area contributed by atoms with Crippen molar-refractivity contribution in [1.29, 1.82) is 0 Å². The number of carbonyl (C=O) groups is 2. The molecule has 0 spiro atoms. The van der Waals surface area contributed by atoms with Crippen molar-refractivity contribution in [3.63, 3.8) is 0 Å². The maximum Gasteiger partial charge on any atom is 0.319 e. The molecule has 1 atom stereocenters. The lowest BCUT2D eigenvalue weighted by Gasteiger charge is -2.17.